The predicted octanol–water partition coefficient (Wildman–Crippen LogP) is 4.51. The molecule has 1 heterocycles. The number of benzene rings is 2. The molecule has 9 heteroatoms. The molecule has 0 spiro atoms. The van der Waals surface area contributed by atoms with Crippen molar-refractivity contribution in [1.82, 2.24) is 4.98 Å². The van der Waals surface area contributed by atoms with Crippen LogP contribution in [0.4, 0.5) is 16.5 Å². The van der Waals surface area contributed by atoms with Crippen LogP contribution in [0.2, 0.25) is 0 Å². The standard InChI is InChI=1S/C21H20N4O4S/c1-14(2)20(26)29-11-10-24(3)16-6-4-15(5-7-16)13-22-21-23-18-9-8-17(25(27)28)12-19(18)30-21/h4-9,12-13H,1,10-11H2,2-3H3/b22-13+. The van der Waals surface area contributed by atoms with Gasteiger partial charge in [0, 0.05) is 36.7 Å². The summed E-state index contributed by atoms with van der Waals surface area (Å²) >= 11 is 1.30. The fourth-order valence-electron chi connectivity index (χ4n) is 2.54. The first-order chi connectivity index (χ1) is 14.3. The maximum Gasteiger partial charge on any atom is 0.333 e. The number of anilines is 1. The van der Waals surface area contributed by atoms with E-state index >= 15 is 0 Å². The number of carbonyl (C=O) groups excluding carboxylic acids is 1. The molecule has 154 valence electrons. The maximum atomic E-state index is 11.4. The molecule has 0 bridgehead atoms. The minimum atomic E-state index is -0.425. The molecule has 0 N–H and O–H groups in total. The molecule has 0 amide bonds. The van der Waals surface area contributed by atoms with Gasteiger partial charge in [-0.2, -0.15) is 0 Å². The van der Waals surface area contributed by atoms with Crippen molar-refractivity contribution in [2.45, 2.75) is 6.92 Å². The second kappa shape index (κ2) is 9.27. The van der Waals surface area contributed by atoms with Crippen molar-refractivity contribution in [3.05, 3.63) is 70.3 Å². The lowest BCUT2D eigenvalue weighted by molar-refractivity contribution is -0.384. The fourth-order valence-corrected chi connectivity index (χ4v) is 3.39. The molecule has 3 rings (SSSR count). The zero-order chi connectivity index (χ0) is 21.7. The van der Waals surface area contributed by atoms with E-state index in [4.69, 9.17) is 4.74 Å². The summed E-state index contributed by atoms with van der Waals surface area (Å²) in [5.74, 6) is -0.389. The third-order valence-corrected chi connectivity index (χ3v) is 5.16. The number of non-ortho nitro benzene ring substituents is 1. The highest BCUT2D eigenvalue weighted by molar-refractivity contribution is 7.22. The Hall–Kier alpha value is -3.59. The molecule has 0 aliphatic carbocycles. The Bertz CT molecular complexity index is 1120. The number of hydrogen-bond donors (Lipinski definition) is 0. The van der Waals surface area contributed by atoms with Gasteiger partial charge in [0.05, 0.1) is 21.7 Å². The van der Waals surface area contributed by atoms with Gasteiger partial charge in [-0.15, -0.1) is 0 Å². The molecule has 1 aromatic heterocycles. The molecule has 0 aliphatic heterocycles. The number of rotatable bonds is 8. The average Bonchev–Trinajstić information content (AvgIpc) is 3.14. The van der Waals surface area contributed by atoms with E-state index in [0.29, 0.717) is 22.8 Å². The average molecular weight is 424 g/mol. The number of nitro benzene ring substituents is 1. The Morgan fingerprint density at radius 3 is 2.73 bits per heavy atom. The highest BCUT2D eigenvalue weighted by Crippen LogP contribution is 2.30. The van der Waals surface area contributed by atoms with E-state index in [2.05, 4.69) is 16.6 Å². The number of nitrogens with zero attached hydrogens (tertiary/aromatic N) is 4. The summed E-state index contributed by atoms with van der Waals surface area (Å²) in [7, 11) is 1.91. The second-order valence-corrected chi connectivity index (χ2v) is 7.60. The zero-order valence-corrected chi connectivity index (χ0v) is 17.4. The van der Waals surface area contributed by atoms with Crippen molar-refractivity contribution < 1.29 is 14.5 Å². The lowest BCUT2D eigenvalue weighted by Gasteiger charge is -2.19. The van der Waals surface area contributed by atoms with Crippen molar-refractivity contribution in [3.8, 4) is 0 Å². The predicted molar refractivity (Wildman–Crippen MR) is 119 cm³/mol. The van der Waals surface area contributed by atoms with Crippen molar-refractivity contribution in [3.63, 3.8) is 0 Å². The van der Waals surface area contributed by atoms with Gasteiger partial charge in [-0.25, -0.2) is 14.8 Å². The van der Waals surface area contributed by atoms with Gasteiger partial charge in [-0.1, -0.05) is 30.0 Å². The Balaban J connectivity index is 1.61. The van der Waals surface area contributed by atoms with E-state index in [1.807, 2.05) is 36.2 Å². The first-order valence-corrected chi connectivity index (χ1v) is 9.88. The maximum absolute atomic E-state index is 11.4. The summed E-state index contributed by atoms with van der Waals surface area (Å²) in [6.45, 7) is 6.01. The third-order valence-electron chi connectivity index (χ3n) is 4.24. The van der Waals surface area contributed by atoms with E-state index in [0.717, 1.165) is 16.0 Å². The van der Waals surface area contributed by atoms with Gasteiger partial charge in [0.15, 0.2) is 0 Å². The van der Waals surface area contributed by atoms with E-state index in [1.165, 1.54) is 23.5 Å². The summed E-state index contributed by atoms with van der Waals surface area (Å²) in [6, 6.07) is 12.3. The van der Waals surface area contributed by atoms with Gasteiger partial charge < -0.3 is 9.64 Å². The van der Waals surface area contributed by atoms with Crippen molar-refractivity contribution >= 4 is 50.2 Å². The Morgan fingerprint density at radius 2 is 2.07 bits per heavy atom. The quantitative estimate of drug-likeness (QED) is 0.173. The number of aliphatic imine (C=N–C) groups is 1. The van der Waals surface area contributed by atoms with E-state index in [-0.39, 0.29) is 18.3 Å². The number of ether oxygens (including phenoxy) is 1. The van der Waals surface area contributed by atoms with Crippen LogP contribution in [-0.4, -0.2) is 42.3 Å². The molecule has 2 aromatic carbocycles. The lowest BCUT2D eigenvalue weighted by Crippen LogP contribution is -2.24. The van der Waals surface area contributed by atoms with Crippen molar-refractivity contribution in [1.29, 1.82) is 0 Å². The van der Waals surface area contributed by atoms with Crippen molar-refractivity contribution in [2.24, 2.45) is 4.99 Å². The van der Waals surface area contributed by atoms with Crippen LogP contribution in [-0.2, 0) is 9.53 Å². The number of likely N-dealkylation sites (N-methyl/N-ethyl adjacent to an activating group) is 1. The normalized spacial score (nSPS) is 11.0. The van der Waals surface area contributed by atoms with Crippen LogP contribution >= 0.6 is 11.3 Å². The number of thiazole rings is 1. The number of nitro groups is 1. The molecular weight excluding hydrogens is 404 g/mol. The summed E-state index contributed by atoms with van der Waals surface area (Å²) in [4.78, 5) is 32.6. The molecule has 0 atom stereocenters. The topological polar surface area (TPSA) is 97.9 Å². The van der Waals surface area contributed by atoms with Crippen LogP contribution in [0.1, 0.15) is 12.5 Å². The third kappa shape index (κ3) is 5.26. The summed E-state index contributed by atoms with van der Waals surface area (Å²) in [5, 5.41) is 11.4. The molecule has 0 radical (unpaired) electrons. The first-order valence-electron chi connectivity index (χ1n) is 9.06. The smallest absolute Gasteiger partial charge is 0.333 e. The SMILES string of the molecule is C=C(C)C(=O)OCCN(C)c1ccc(/C=N/c2nc3ccc([N+](=O)[O-])cc3s2)cc1. The van der Waals surface area contributed by atoms with E-state index in [1.54, 1.807) is 19.2 Å². The van der Waals surface area contributed by atoms with Crippen molar-refractivity contribution in [2.75, 3.05) is 25.1 Å². The van der Waals surface area contributed by atoms with Gasteiger partial charge in [0.2, 0.25) is 5.13 Å². The van der Waals surface area contributed by atoms with Gasteiger partial charge in [-0.3, -0.25) is 10.1 Å². The van der Waals surface area contributed by atoms with Gasteiger partial charge >= 0.3 is 5.97 Å². The largest absolute Gasteiger partial charge is 0.460 e. The molecule has 0 saturated heterocycles. The molecule has 8 nitrogen and oxygen atoms in total. The molecule has 0 aliphatic rings. The molecule has 30 heavy (non-hydrogen) atoms. The molecular formula is C21H20N4O4S. The monoisotopic (exact) mass is 424 g/mol. The second-order valence-electron chi connectivity index (χ2n) is 6.59. The molecule has 0 saturated carbocycles. The highest BCUT2D eigenvalue weighted by atomic mass is 32.1. The number of fused-ring (bicyclic) bond motifs is 1. The minimum Gasteiger partial charge on any atom is -0.460 e. The number of esters is 1. The first kappa shape index (κ1) is 21.1. The summed E-state index contributed by atoms with van der Waals surface area (Å²) < 4.78 is 5.83. The number of hydrogen-bond acceptors (Lipinski definition) is 8. The van der Waals surface area contributed by atoms with E-state index in [9.17, 15) is 14.9 Å². The Morgan fingerprint density at radius 1 is 1.33 bits per heavy atom. The van der Waals surface area contributed by atoms with Crippen LogP contribution < -0.4 is 4.90 Å². The summed E-state index contributed by atoms with van der Waals surface area (Å²) in [5.41, 5.74) is 2.97. The fraction of sp³-hybridized carbons (Fsp3) is 0.190. The van der Waals surface area contributed by atoms with Gasteiger partial charge in [0.25, 0.3) is 5.69 Å². The van der Waals surface area contributed by atoms with Crippen LogP contribution in [0.5, 0.6) is 0 Å². The Kier molecular flexibility index (Phi) is 6.53. The number of aromatic nitrogens is 1. The zero-order valence-electron chi connectivity index (χ0n) is 16.6. The Labute approximate surface area is 177 Å². The molecule has 3 aromatic rings. The van der Waals surface area contributed by atoms with Crippen LogP contribution in [0.3, 0.4) is 0 Å². The minimum absolute atomic E-state index is 0.0378. The lowest BCUT2D eigenvalue weighted by atomic mass is 10.2. The van der Waals surface area contributed by atoms with Gasteiger partial charge in [0.1, 0.15) is 6.61 Å². The highest BCUT2D eigenvalue weighted by Gasteiger charge is 2.10. The molecule has 0 unspecified atom stereocenters. The van der Waals surface area contributed by atoms with Crippen LogP contribution in [0, 0.1) is 10.1 Å². The van der Waals surface area contributed by atoms with E-state index < -0.39 is 4.92 Å². The van der Waals surface area contributed by atoms with Crippen LogP contribution in [0.15, 0.2) is 59.6 Å². The molecule has 0 fully saturated rings. The number of carbonyl (C=O) groups is 1. The van der Waals surface area contributed by atoms with Gasteiger partial charge in [-0.05, 0) is 30.7 Å². The van der Waals surface area contributed by atoms with Crippen LogP contribution in [0.25, 0.3) is 10.2 Å². The summed E-state index contributed by atoms with van der Waals surface area (Å²) in [6.07, 6.45) is 1.70.